The summed E-state index contributed by atoms with van der Waals surface area (Å²) in [4.78, 5) is 125. The Morgan fingerprint density at radius 3 is 1.59 bits per heavy atom. The smallest absolute Gasteiger partial charge is 0.326 e. The highest BCUT2D eigenvalue weighted by atomic mass is 16.4. The Bertz CT molecular complexity index is 1670. The van der Waals surface area contributed by atoms with Gasteiger partial charge in [-0.2, -0.15) is 0 Å². The summed E-state index contributed by atoms with van der Waals surface area (Å²) < 4.78 is 0. The Balaban J connectivity index is 2.86. The number of hydrogen-bond acceptors (Lipinski definition) is 10. The standard InChI is InChI=1S/C38H57N9O11/c1-20(2)14-24(35(54)46-25(15-21(3)4)37(56)47-33(22(5)6)34(40)53)45-36(55)26(17-28(39)48)43-30(50)13-12-29(49)41-18-31(51)42-19-32(52)44-27(38(57)58)16-23-10-8-7-9-11-23/h7-13,20-22,24-27,33H,14-19H2,1-6H3,(H2,39,48)(H2,40,53)(H,41,49)(H,42,51)(H,43,50)(H,44,52)(H,45,55)(H,46,54)(H,47,56)(H,57,58). The van der Waals surface area contributed by atoms with Gasteiger partial charge in [0.2, 0.25) is 53.2 Å². The number of carboxylic acids is 1. The molecule has 9 amide bonds. The van der Waals surface area contributed by atoms with Gasteiger partial charge in [0.25, 0.3) is 0 Å². The van der Waals surface area contributed by atoms with E-state index >= 15 is 0 Å². The van der Waals surface area contributed by atoms with Crippen LogP contribution in [0, 0.1) is 17.8 Å². The minimum absolute atomic E-state index is 0.0106. The molecule has 0 heterocycles. The van der Waals surface area contributed by atoms with Crippen LogP contribution >= 0.6 is 0 Å². The number of carbonyl (C=O) groups is 10. The molecule has 0 fully saturated rings. The van der Waals surface area contributed by atoms with E-state index in [1.807, 2.05) is 13.8 Å². The maximum atomic E-state index is 13.5. The van der Waals surface area contributed by atoms with Crippen molar-refractivity contribution in [1.82, 2.24) is 37.2 Å². The first-order valence-electron chi connectivity index (χ1n) is 18.7. The summed E-state index contributed by atoms with van der Waals surface area (Å²) in [5.74, 6) is -9.50. The molecule has 0 aliphatic heterocycles. The number of carboxylic acid groups (broad SMARTS) is 1. The molecule has 58 heavy (non-hydrogen) atoms. The first-order valence-corrected chi connectivity index (χ1v) is 18.7. The van der Waals surface area contributed by atoms with Gasteiger partial charge in [-0.1, -0.05) is 71.9 Å². The molecule has 20 heteroatoms. The van der Waals surface area contributed by atoms with E-state index in [-0.39, 0.29) is 37.0 Å². The van der Waals surface area contributed by atoms with E-state index < -0.39 is 109 Å². The average Bonchev–Trinajstić information content (AvgIpc) is 3.12. The zero-order valence-electron chi connectivity index (χ0n) is 33.6. The zero-order valence-corrected chi connectivity index (χ0v) is 33.6. The summed E-state index contributed by atoms with van der Waals surface area (Å²) in [5, 5.41) is 26.1. The molecule has 0 spiro atoms. The van der Waals surface area contributed by atoms with Crippen molar-refractivity contribution in [3.05, 3.63) is 48.0 Å². The maximum Gasteiger partial charge on any atom is 0.326 e. The van der Waals surface area contributed by atoms with Gasteiger partial charge in [-0.25, -0.2) is 4.79 Å². The number of amides is 9. The lowest BCUT2D eigenvalue weighted by Gasteiger charge is -2.28. The molecule has 1 aromatic rings. The third-order valence-electron chi connectivity index (χ3n) is 8.16. The van der Waals surface area contributed by atoms with Crippen molar-refractivity contribution in [3.8, 4) is 0 Å². The quantitative estimate of drug-likeness (QED) is 0.0465. The number of aliphatic carboxylic acids is 1. The minimum Gasteiger partial charge on any atom is -0.480 e. The molecule has 0 aliphatic rings. The SMILES string of the molecule is CC(C)CC(NC(=O)C(CC(N)=O)NC(=O)C=CC(=O)NCC(=O)NCC(=O)NC(Cc1ccccc1)C(=O)O)C(=O)NC(CC(C)C)C(=O)NC(C(N)=O)C(C)C. The summed E-state index contributed by atoms with van der Waals surface area (Å²) >= 11 is 0. The van der Waals surface area contributed by atoms with Gasteiger partial charge < -0.3 is 53.8 Å². The van der Waals surface area contributed by atoms with E-state index in [0.717, 1.165) is 6.08 Å². The monoisotopic (exact) mass is 815 g/mol. The second kappa shape index (κ2) is 25.0. The van der Waals surface area contributed by atoms with Crippen molar-refractivity contribution in [2.75, 3.05) is 13.1 Å². The lowest BCUT2D eigenvalue weighted by atomic mass is 9.98. The highest BCUT2D eigenvalue weighted by molar-refractivity contribution is 6.01. The molecular formula is C38H57N9O11. The predicted octanol–water partition coefficient (Wildman–Crippen LogP) is -2.36. The Kier molecular flexibility index (Phi) is 21.4. The fourth-order valence-electron chi connectivity index (χ4n) is 5.32. The molecule has 0 saturated heterocycles. The van der Waals surface area contributed by atoms with Crippen LogP contribution in [-0.4, -0.2) is 108 Å². The highest BCUT2D eigenvalue weighted by Gasteiger charge is 2.32. The largest absolute Gasteiger partial charge is 0.480 e. The summed E-state index contributed by atoms with van der Waals surface area (Å²) in [5.41, 5.74) is 11.4. The molecule has 0 bridgehead atoms. The molecule has 0 saturated carbocycles. The van der Waals surface area contributed by atoms with E-state index in [0.29, 0.717) is 11.6 Å². The number of nitrogens with two attached hydrogens (primary N) is 2. The summed E-state index contributed by atoms with van der Waals surface area (Å²) in [6, 6.07) is 2.38. The molecule has 0 radical (unpaired) electrons. The molecule has 1 aromatic carbocycles. The molecule has 0 aliphatic carbocycles. The van der Waals surface area contributed by atoms with Crippen molar-refractivity contribution in [3.63, 3.8) is 0 Å². The van der Waals surface area contributed by atoms with Gasteiger partial charge in [-0.3, -0.25) is 43.2 Å². The van der Waals surface area contributed by atoms with Gasteiger partial charge >= 0.3 is 5.97 Å². The molecule has 20 nitrogen and oxygen atoms in total. The van der Waals surface area contributed by atoms with E-state index in [4.69, 9.17) is 11.5 Å². The molecule has 5 atom stereocenters. The van der Waals surface area contributed by atoms with Gasteiger partial charge in [0.1, 0.15) is 30.2 Å². The predicted molar refractivity (Wildman–Crippen MR) is 209 cm³/mol. The van der Waals surface area contributed by atoms with Crippen LogP contribution in [0.2, 0.25) is 0 Å². The molecule has 12 N–H and O–H groups in total. The number of benzene rings is 1. The Morgan fingerprint density at radius 2 is 1.10 bits per heavy atom. The van der Waals surface area contributed by atoms with E-state index in [9.17, 15) is 53.1 Å². The fourth-order valence-corrected chi connectivity index (χ4v) is 5.32. The van der Waals surface area contributed by atoms with Crippen molar-refractivity contribution in [1.29, 1.82) is 0 Å². The van der Waals surface area contributed by atoms with E-state index in [1.165, 1.54) is 0 Å². The van der Waals surface area contributed by atoms with Crippen LogP contribution in [0.3, 0.4) is 0 Å². The van der Waals surface area contributed by atoms with Gasteiger partial charge in [-0.15, -0.1) is 0 Å². The third-order valence-corrected chi connectivity index (χ3v) is 8.16. The lowest BCUT2D eigenvalue weighted by Crippen LogP contribution is -2.59. The number of hydrogen-bond donors (Lipinski definition) is 10. The molecule has 320 valence electrons. The van der Waals surface area contributed by atoms with Crippen molar-refractivity contribution in [2.24, 2.45) is 29.2 Å². The van der Waals surface area contributed by atoms with Crippen LogP contribution in [0.15, 0.2) is 42.5 Å². The molecule has 0 aromatic heterocycles. The van der Waals surface area contributed by atoms with Crippen LogP contribution < -0.4 is 48.7 Å². The fraction of sp³-hybridized carbons (Fsp3) is 0.526. The van der Waals surface area contributed by atoms with Crippen molar-refractivity contribution < 1.29 is 53.1 Å². The lowest BCUT2D eigenvalue weighted by molar-refractivity contribution is -0.141. The highest BCUT2D eigenvalue weighted by Crippen LogP contribution is 2.11. The van der Waals surface area contributed by atoms with Gasteiger partial charge in [0.15, 0.2) is 0 Å². The van der Waals surface area contributed by atoms with Gasteiger partial charge in [0, 0.05) is 18.6 Å². The van der Waals surface area contributed by atoms with Gasteiger partial charge in [-0.05, 0) is 36.2 Å². The Hall–Kier alpha value is -6.34. The first-order chi connectivity index (χ1) is 27.1. The van der Waals surface area contributed by atoms with Crippen LogP contribution in [0.4, 0.5) is 0 Å². The van der Waals surface area contributed by atoms with Crippen LogP contribution in [0.5, 0.6) is 0 Å². The number of primary amides is 2. The summed E-state index contributed by atoms with van der Waals surface area (Å²) in [6.45, 7) is 9.35. The minimum atomic E-state index is -1.59. The number of nitrogens with one attached hydrogen (secondary N) is 7. The van der Waals surface area contributed by atoms with Crippen molar-refractivity contribution >= 4 is 59.1 Å². The number of rotatable bonds is 25. The molecular weight excluding hydrogens is 758 g/mol. The second-order valence-electron chi connectivity index (χ2n) is 14.7. The second-order valence-corrected chi connectivity index (χ2v) is 14.7. The average molecular weight is 816 g/mol. The summed E-state index contributed by atoms with van der Waals surface area (Å²) in [7, 11) is 0. The Labute approximate surface area is 336 Å². The zero-order chi connectivity index (χ0) is 44.1. The normalized spacial score (nSPS) is 13.7. The topological polar surface area (TPSA) is 327 Å². The van der Waals surface area contributed by atoms with Gasteiger partial charge in [0.05, 0.1) is 19.5 Å². The Morgan fingerprint density at radius 1 is 0.603 bits per heavy atom. The molecule has 1 rings (SSSR count). The van der Waals surface area contributed by atoms with Crippen molar-refractivity contribution in [2.45, 2.75) is 97.4 Å². The first kappa shape index (κ1) is 49.7. The van der Waals surface area contributed by atoms with E-state index in [2.05, 4.69) is 37.2 Å². The van der Waals surface area contributed by atoms with Crippen LogP contribution in [0.25, 0.3) is 0 Å². The van der Waals surface area contributed by atoms with Crippen LogP contribution in [-0.2, 0) is 54.4 Å². The number of carbonyl (C=O) groups excluding carboxylic acids is 9. The summed E-state index contributed by atoms with van der Waals surface area (Å²) in [6.07, 6.45) is 1.02. The maximum absolute atomic E-state index is 13.5. The third kappa shape index (κ3) is 20.0. The van der Waals surface area contributed by atoms with E-state index in [1.54, 1.807) is 58.0 Å². The molecule has 5 unspecified atom stereocenters. The van der Waals surface area contributed by atoms with Crippen LogP contribution in [0.1, 0.15) is 66.4 Å².